The quantitative estimate of drug-likeness (QED) is 0.111. The molecule has 0 aliphatic carbocycles. The van der Waals surface area contributed by atoms with Crippen LogP contribution in [0, 0.1) is 23.1 Å². The molecule has 13 heteroatoms. The minimum atomic E-state index is -2.24. The fourth-order valence-corrected chi connectivity index (χ4v) is 17.1. The van der Waals surface area contributed by atoms with Crippen molar-refractivity contribution in [3.8, 4) is 34.6 Å². The van der Waals surface area contributed by atoms with E-state index < -0.39 is 37.9 Å². The third kappa shape index (κ3) is 6.19. The highest BCUT2D eigenvalue weighted by Gasteiger charge is 2.53. The first-order chi connectivity index (χ1) is 28.5. The molecule has 2 bridgehead atoms. The second kappa shape index (κ2) is 14.5. The average molecular weight is 833 g/mol. The predicted molar refractivity (Wildman–Crippen MR) is 233 cm³/mol. The maximum atomic E-state index is 17.8. The summed E-state index contributed by atoms with van der Waals surface area (Å²) in [6, 6.07) is 7.17. The molecule has 4 saturated heterocycles. The van der Waals surface area contributed by atoms with Crippen LogP contribution in [-0.4, -0.2) is 100 Å². The lowest BCUT2D eigenvalue weighted by Gasteiger charge is -2.47. The number of hydrogen-bond donors (Lipinski definition) is 1. The van der Waals surface area contributed by atoms with Crippen molar-refractivity contribution < 1.29 is 28.2 Å². The highest BCUT2D eigenvalue weighted by atomic mass is 28.3. The molecule has 2 aromatic heterocycles. The van der Waals surface area contributed by atoms with Crippen LogP contribution in [0.5, 0.6) is 11.9 Å². The van der Waals surface area contributed by atoms with Gasteiger partial charge in [0.1, 0.15) is 49.0 Å². The monoisotopic (exact) mass is 832 g/mol. The lowest BCUT2D eigenvalue weighted by molar-refractivity contribution is 0.0706. The summed E-state index contributed by atoms with van der Waals surface area (Å²) in [6.07, 6.45) is 1.31. The highest BCUT2D eigenvalue weighted by molar-refractivity contribution is 6.90. The number of ether oxygens (including phenoxy) is 2. The normalized spacial score (nSPS) is 23.3. The number of amides is 1. The zero-order valence-electron chi connectivity index (χ0n) is 35.6. The Morgan fingerprint density at radius 1 is 1.02 bits per heavy atom. The number of carboxylic acid groups (broad SMARTS) is 1. The Labute approximate surface area is 351 Å². The maximum absolute atomic E-state index is 17.8. The van der Waals surface area contributed by atoms with E-state index in [-0.39, 0.29) is 47.3 Å². The summed E-state index contributed by atoms with van der Waals surface area (Å²) < 4.78 is 46.6. The van der Waals surface area contributed by atoms with E-state index in [1.165, 1.54) is 12.1 Å². The SMILES string of the molecule is C=C1CN2CC(=C)CC2(COc2nc3c4c(nc(-c5cccc6cc(F)cc(C#C[Si](C(C)C)(C(C)C)C(C)C)c56)c(F)c4n2)OC(C)C2C4CCC(CN32)N4C(=O)O)C1. The van der Waals surface area contributed by atoms with E-state index in [9.17, 15) is 9.90 Å². The number of rotatable bonds is 7. The van der Waals surface area contributed by atoms with Crippen LogP contribution in [-0.2, 0) is 0 Å². The van der Waals surface area contributed by atoms with Crippen LogP contribution in [0.15, 0.2) is 54.6 Å². The molecule has 1 amide bonds. The van der Waals surface area contributed by atoms with E-state index in [0.717, 1.165) is 37.1 Å². The van der Waals surface area contributed by atoms with Crippen LogP contribution in [0.1, 0.15) is 79.7 Å². The smallest absolute Gasteiger partial charge is 0.407 e. The molecule has 4 aromatic rings. The van der Waals surface area contributed by atoms with E-state index in [1.54, 1.807) is 17.0 Å². The third-order valence-corrected chi connectivity index (χ3v) is 20.6. The molecule has 0 saturated carbocycles. The van der Waals surface area contributed by atoms with Crippen molar-refractivity contribution in [3.63, 3.8) is 0 Å². The van der Waals surface area contributed by atoms with Crippen LogP contribution < -0.4 is 14.4 Å². The van der Waals surface area contributed by atoms with Gasteiger partial charge in [-0.15, -0.1) is 5.54 Å². The Kier molecular flexibility index (Phi) is 9.78. The number of piperazine rings is 1. The number of halogens is 2. The summed E-state index contributed by atoms with van der Waals surface area (Å²) in [7, 11) is -2.24. The van der Waals surface area contributed by atoms with Gasteiger partial charge in [-0.1, -0.05) is 90.0 Å². The van der Waals surface area contributed by atoms with Crippen LogP contribution in [0.4, 0.5) is 19.4 Å². The molecule has 4 unspecified atom stereocenters. The van der Waals surface area contributed by atoms with E-state index in [2.05, 4.69) is 76.0 Å². The standard InChI is InChI=1S/C47H54F2N6O4Si/c1-25(2)60(26(3)4,27(5)6)16-15-32-18-33(48)17-31-11-10-12-35(37(31)32)40-39(49)41-38-43(52-45(51-41)58-24-47-19-28(7)21-53(47)22-29(8)20-47)54-23-34-13-14-36(55(34)46(56)57)42(54)30(9)59-44(38)50-40/h10-12,17-18,25-27,30,34,36,42H,7-8,13-14,19-24H2,1-6,9H3,(H,56,57). The van der Waals surface area contributed by atoms with Crippen LogP contribution in [0.3, 0.4) is 0 Å². The van der Waals surface area contributed by atoms with Crippen molar-refractivity contribution in [2.24, 2.45) is 0 Å². The summed E-state index contributed by atoms with van der Waals surface area (Å²) in [6.45, 7) is 25.9. The molecule has 2 aromatic carbocycles. The van der Waals surface area contributed by atoms with Gasteiger partial charge in [-0.25, -0.2) is 18.6 Å². The molecule has 10 nitrogen and oxygen atoms in total. The second-order valence-electron chi connectivity index (χ2n) is 18.8. The fourth-order valence-electron chi connectivity index (χ4n) is 11.9. The summed E-state index contributed by atoms with van der Waals surface area (Å²) >= 11 is 0. The maximum Gasteiger partial charge on any atom is 0.407 e. The van der Waals surface area contributed by atoms with Crippen molar-refractivity contribution in [1.29, 1.82) is 0 Å². The van der Waals surface area contributed by atoms with Gasteiger partial charge >= 0.3 is 12.1 Å². The number of benzene rings is 2. The Morgan fingerprint density at radius 3 is 2.38 bits per heavy atom. The Hall–Kier alpha value is -5.06. The zero-order chi connectivity index (χ0) is 42.6. The summed E-state index contributed by atoms with van der Waals surface area (Å²) in [5.74, 6) is 2.88. The summed E-state index contributed by atoms with van der Waals surface area (Å²) in [5, 5.41) is 11.8. The zero-order valence-corrected chi connectivity index (χ0v) is 36.6. The van der Waals surface area contributed by atoms with E-state index >= 15 is 8.78 Å². The molecular formula is C47H54F2N6O4Si. The number of pyridine rings is 1. The number of fused-ring (bicyclic) bond motifs is 7. The van der Waals surface area contributed by atoms with Crippen molar-refractivity contribution in [2.75, 3.05) is 31.1 Å². The van der Waals surface area contributed by atoms with Crippen molar-refractivity contribution in [3.05, 3.63) is 71.8 Å². The van der Waals surface area contributed by atoms with E-state index in [0.29, 0.717) is 69.1 Å². The number of carbonyl (C=O) groups is 1. The fraction of sp³-hybridized carbons (Fsp3) is 0.489. The van der Waals surface area contributed by atoms with Gasteiger partial charge in [0.15, 0.2) is 5.82 Å². The molecule has 0 radical (unpaired) electrons. The number of hydrogen-bond acceptors (Lipinski definition) is 8. The van der Waals surface area contributed by atoms with Gasteiger partial charge in [0.05, 0.1) is 23.7 Å². The summed E-state index contributed by atoms with van der Waals surface area (Å²) in [4.78, 5) is 33.3. The van der Waals surface area contributed by atoms with Crippen LogP contribution in [0.2, 0.25) is 16.6 Å². The molecule has 7 heterocycles. The third-order valence-electron chi connectivity index (χ3n) is 14.3. The molecule has 4 fully saturated rings. The van der Waals surface area contributed by atoms with Crippen LogP contribution >= 0.6 is 0 Å². The van der Waals surface area contributed by atoms with Gasteiger partial charge in [-0.05, 0) is 66.7 Å². The molecule has 9 rings (SSSR count). The minimum absolute atomic E-state index is 0.00839. The molecule has 5 aliphatic heterocycles. The number of aromatic nitrogens is 3. The Morgan fingerprint density at radius 2 is 1.72 bits per heavy atom. The van der Waals surface area contributed by atoms with Gasteiger partial charge in [0.25, 0.3) is 0 Å². The summed E-state index contributed by atoms with van der Waals surface area (Å²) in [5.41, 5.74) is 7.55. The highest BCUT2D eigenvalue weighted by Crippen LogP contribution is 2.48. The van der Waals surface area contributed by atoms with Gasteiger partial charge in [-0.3, -0.25) is 9.80 Å². The van der Waals surface area contributed by atoms with Gasteiger partial charge < -0.3 is 19.5 Å². The Bertz CT molecular complexity index is 2510. The first kappa shape index (κ1) is 40.3. The van der Waals surface area contributed by atoms with Crippen molar-refractivity contribution in [2.45, 2.75) is 121 Å². The lowest BCUT2D eigenvalue weighted by Crippen LogP contribution is -2.64. The van der Waals surface area contributed by atoms with E-state index in [1.807, 2.05) is 13.0 Å². The first-order valence-electron chi connectivity index (χ1n) is 21.4. The molecule has 1 N–H and O–H groups in total. The largest absolute Gasteiger partial charge is 0.472 e. The second-order valence-corrected chi connectivity index (χ2v) is 24.4. The lowest BCUT2D eigenvalue weighted by atomic mass is 9.92. The molecule has 314 valence electrons. The van der Waals surface area contributed by atoms with Crippen LogP contribution in [0.25, 0.3) is 32.9 Å². The molecule has 5 aliphatic rings. The minimum Gasteiger partial charge on any atom is -0.472 e. The van der Waals surface area contributed by atoms with E-state index in [4.69, 9.17) is 24.4 Å². The van der Waals surface area contributed by atoms with Gasteiger partial charge in [0.2, 0.25) is 5.88 Å². The number of nitrogens with zero attached hydrogens (tertiary/aromatic N) is 6. The molecule has 4 atom stereocenters. The average Bonchev–Trinajstić information content (AvgIpc) is 3.74. The van der Waals surface area contributed by atoms with Crippen molar-refractivity contribution >= 4 is 41.7 Å². The molecule has 0 spiro atoms. The molecular weight excluding hydrogens is 779 g/mol. The topological polar surface area (TPSA) is 104 Å². The Balaban J connectivity index is 1.25. The van der Waals surface area contributed by atoms with Crippen molar-refractivity contribution in [1.82, 2.24) is 24.8 Å². The predicted octanol–water partition coefficient (Wildman–Crippen LogP) is 9.51. The number of anilines is 1. The molecule has 60 heavy (non-hydrogen) atoms. The van der Waals surface area contributed by atoms with Gasteiger partial charge in [0, 0.05) is 36.1 Å². The first-order valence-corrected chi connectivity index (χ1v) is 23.6. The van der Waals surface area contributed by atoms with Gasteiger partial charge in [-0.2, -0.15) is 9.97 Å².